The van der Waals surface area contributed by atoms with Crippen molar-refractivity contribution >= 4 is 24.0 Å². The maximum atomic E-state index is 13.7. The first-order valence-corrected chi connectivity index (χ1v) is 6.36. The van der Waals surface area contributed by atoms with Gasteiger partial charge in [0, 0.05) is 29.7 Å². The average Bonchev–Trinajstić information content (AvgIpc) is 2.64. The van der Waals surface area contributed by atoms with Crippen LogP contribution >= 0.6 is 24.0 Å². The maximum Gasteiger partial charge on any atom is 0.129 e. The molecule has 0 aliphatic carbocycles. The molecule has 0 aromatic heterocycles. The number of hydrogen-bond donors (Lipinski definition) is 1. The van der Waals surface area contributed by atoms with E-state index in [1.54, 1.807) is 12.1 Å². The van der Waals surface area contributed by atoms with E-state index in [9.17, 15) is 4.39 Å². The number of likely N-dealkylation sites (tertiary alicyclic amines) is 1. The van der Waals surface area contributed by atoms with Gasteiger partial charge in [-0.1, -0.05) is 17.7 Å². The van der Waals surface area contributed by atoms with Gasteiger partial charge in [0.1, 0.15) is 5.82 Å². The van der Waals surface area contributed by atoms with E-state index in [4.69, 9.17) is 17.3 Å². The van der Waals surface area contributed by atoms with E-state index in [1.165, 1.54) is 6.07 Å². The first kappa shape index (κ1) is 15.7. The number of benzene rings is 1. The van der Waals surface area contributed by atoms with Gasteiger partial charge in [-0.2, -0.15) is 0 Å². The molecule has 1 fully saturated rings. The van der Waals surface area contributed by atoms with E-state index in [-0.39, 0.29) is 18.2 Å². The topological polar surface area (TPSA) is 29.3 Å². The number of nitrogens with zero attached hydrogens (tertiary/aromatic N) is 1. The smallest absolute Gasteiger partial charge is 0.129 e. The number of halogens is 3. The largest absolute Gasteiger partial charge is 0.330 e. The number of hydrogen-bond acceptors (Lipinski definition) is 2. The van der Waals surface area contributed by atoms with E-state index in [0.717, 1.165) is 13.0 Å². The number of nitrogens with two attached hydrogens (primary N) is 1. The van der Waals surface area contributed by atoms with E-state index in [1.807, 2.05) is 0 Å². The molecule has 1 saturated heterocycles. The summed E-state index contributed by atoms with van der Waals surface area (Å²) in [6.45, 7) is 4.48. The third-order valence-corrected chi connectivity index (χ3v) is 3.75. The van der Waals surface area contributed by atoms with Gasteiger partial charge in [0.25, 0.3) is 0 Å². The van der Waals surface area contributed by atoms with Crippen LogP contribution < -0.4 is 5.73 Å². The molecule has 1 aromatic rings. The molecule has 2 unspecified atom stereocenters. The van der Waals surface area contributed by atoms with Gasteiger partial charge in [-0.15, -0.1) is 12.4 Å². The minimum atomic E-state index is -0.221. The minimum absolute atomic E-state index is 0. The molecular formula is C13H19Cl2FN2. The van der Waals surface area contributed by atoms with Crippen LogP contribution in [-0.4, -0.2) is 24.0 Å². The Hall–Kier alpha value is -0.350. The second-order valence-electron chi connectivity index (χ2n) is 4.85. The third kappa shape index (κ3) is 3.58. The molecule has 0 saturated carbocycles. The highest BCUT2D eigenvalue weighted by molar-refractivity contribution is 6.30. The highest BCUT2D eigenvalue weighted by atomic mass is 35.5. The van der Waals surface area contributed by atoms with Crippen molar-refractivity contribution in [2.75, 3.05) is 13.1 Å². The fraction of sp³-hybridized carbons (Fsp3) is 0.538. The molecule has 2 rings (SSSR count). The van der Waals surface area contributed by atoms with Crippen LogP contribution in [0.5, 0.6) is 0 Å². The summed E-state index contributed by atoms with van der Waals surface area (Å²) in [5.74, 6) is 0.321. The van der Waals surface area contributed by atoms with Crippen LogP contribution in [0.3, 0.4) is 0 Å². The maximum absolute atomic E-state index is 13.7. The molecule has 2 nitrogen and oxygen atoms in total. The van der Waals surface area contributed by atoms with Crippen LogP contribution in [0.15, 0.2) is 18.2 Å². The van der Waals surface area contributed by atoms with Gasteiger partial charge in [-0.05, 0) is 37.9 Å². The monoisotopic (exact) mass is 292 g/mol. The molecule has 0 bridgehead atoms. The summed E-state index contributed by atoms with van der Waals surface area (Å²) in [6.07, 6.45) is 1.10. The first-order valence-electron chi connectivity index (χ1n) is 5.98. The third-order valence-electron chi connectivity index (χ3n) is 3.51. The lowest BCUT2D eigenvalue weighted by Crippen LogP contribution is -2.27. The standard InChI is InChI=1S/C13H18ClFN2.ClH/c1-9-4-10(6-16)7-17(9)8-11-2-3-12(14)5-13(11)15;/h2-3,5,9-10H,4,6-8,16H2,1H3;1H. The second kappa shape index (κ2) is 6.71. The molecule has 0 amide bonds. The van der Waals surface area contributed by atoms with Crippen LogP contribution in [0.1, 0.15) is 18.9 Å². The lowest BCUT2D eigenvalue weighted by Gasteiger charge is -2.21. The molecule has 2 atom stereocenters. The summed E-state index contributed by atoms with van der Waals surface area (Å²) in [7, 11) is 0. The van der Waals surface area contributed by atoms with Crippen molar-refractivity contribution < 1.29 is 4.39 Å². The van der Waals surface area contributed by atoms with Crippen LogP contribution in [0.25, 0.3) is 0 Å². The van der Waals surface area contributed by atoms with Gasteiger partial charge in [-0.3, -0.25) is 4.90 Å². The van der Waals surface area contributed by atoms with E-state index in [0.29, 0.717) is 35.6 Å². The predicted molar refractivity (Wildman–Crippen MR) is 75.7 cm³/mol. The second-order valence-corrected chi connectivity index (χ2v) is 5.29. The molecule has 1 aromatic carbocycles. The zero-order valence-corrected chi connectivity index (χ0v) is 12.0. The van der Waals surface area contributed by atoms with Gasteiger partial charge in [-0.25, -0.2) is 4.39 Å². The lowest BCUT2D eigenvalue weighted by atomic mass is 10.1. The Morgan fingerprint density at radius 2 is 2.22 bits per heavy atom. The van der Waals surface area contributed by atoms with Crippen molar-refractivity contribution in [3.8, 4) is 0 Å². The highest BCUT2D eigenvalue weighted by Gasteiger charge is 2.28. The van der Waals surface area contributed by atoms with E-state index in [2.05, 4.69) is 11.8 Å². The highest BCUT2D eigenvalue weighted by Crippen LogP contribution is 2.25. The zero-order chi connectivity index (χ0) is 12.4. The van der Waals surface area contributed by atoms with Gasteiger partial charge in [0.05, 0.1) is 0 Å². The van der Waals surface area contributed by atoms with Crippen LogP contribution in [-0.2, 0) is 6.54 Å². The van der Waals surface area contributed by atoms with E-state index >= 15 is 0 Å². The van der Waals surface area contributed by atoms with Crippen molar-refractivity contribution in [2.24, 2.45) is 11.7 Å². The Labute approximate surface area is 119 Å². The summed E-state index contributed by atoms with van der Waals surface area (Å²) >= 11 is 5.74. The van der Waals surface area contributed by atoms with Crippen molar-refractivity contribution in [3.05, 3.63) is 34.6 Å². The van der Waals surface area contributed by atoms with Crippen molar-refractivity contribution in [3.63, 3.8) is 0 Å². The Bertz CT molecular complexity index is 401. The SMILES string of the molecule is CC1CC(CN)CN1Cc1ccc(Cl)cc1F.Cl. The van der Waals surface area contributed by atoms with Gasteiger partial charge < -0.3 is 5.73 Å². The van der Waals surface area contributed by atoms with Crippen LogP contribution in [0, 0.1) is 11.7 Å². The van der Waals surface area contributed by atoms with Crippen molar-refractivity contribution in [1.82, 2.24) is 4.90 Å². The summed E-state index contributed by atoms with van der Waals surface area (Å²) in [5.41, 5.74) is 6.39. The fourth-order valence-electron chi connectivity index (χ4n) is 2.48. The Kier molecular flexibility index (Phi) is 5.86. The molecule has 5 heteroatoms. The number of rotatable bonds is 3. The predicted octanol–water partition coefficient (Wildman–Crippen LogP) is 3.07. The Morgan fingerprint density at radius 1 is 1.50 bits per heavy atom. The normalized spacial score (nSPS) is 24.0. The fourth-order valence-corrected chi connectivity index (χ4v) is 2.64. The molecular weight excluding hydrogens is 274 g/mol. The molecule has 1 heterocycles. The van der Waals surface area contributed by atoms with Crippen molar-refractivity contribution in [1.29, 1.82) is 0 Å². The van der Waals surface area contributed by atoms with E-state index < -0.39 is 0 Å². The Balaban J connectivity index is 0.00000162. The summed E-state index contributed by atoms with van der Waals surface area (Å²) in [4.78, 5) is 2.28. The summed E-state index contributed by atoms with van der Waals surface area (Å²) < 4.78 is 13.7. The Morgan fingerprint density at radius 3 is 2.78 bits per heavy atom. The minimum Gasteiger partial charge on any atom is -0.330 e. The average molecular weight is 293 g/mol. The summed E-state index contributed by atoms with van der Waals surface area (Å²) in [6, 6.07) is 5.35. The van der Waals surface area contributed by atoms with Crippen LogP contribution in [0.2, 0.25) is 5.02 Å². The molecule has 18 heavy (non-hydrogen) atoms. The molecule has 2 N–H and O–H groups in total. The van der Waals surface area contributed by atoms with Gasteiger partial charge in [0.2, 0.25) is 0 Å². The molecule has 1 aliphatic rings. The zero-order valence-electron chi connectivity index (χ0n) is 10.4. The summed E-state index contributed by atoms with van der Waals surface area (Å²) in [5, 5.41) is 0.445. The molecule has 1 aliphatic heterocycles. The quantitative estimate of drug-likeness (QED) is 0.928. The van der Waals surface area contributed by atoms with Gasteiger partial charge in [0.15, 0.2) is 0 Å². The van der Waals surface area contributed by atoms with Crippen molar-refractivity contribution in [2.45, 2.75) is 25.9 Å². The molecule has 102 valence electrons. The van der Waals surface area contributed by atoms with Gasteiger partial charge >= 0.3 is 0 Å². The van der Waals surface area contributed by atoms with Crippen LogP contribution in [0.4, 0.5) is 4.39 Å². The molecule has 0 spiro atoms. The lowest BCUT2D eigenvalue weighted by molar-refractivity contribution is 0.252. The first-order chi connectivity index (χ1) is 8.10. The molecule has 0 radical (unpaired) electrons.